The van der Waals surface area contributed by atoms with Crippen LogP contribution in [-0.4, -0.2) is 60.4 Å². The zero-order chi connectivity index (χ0) is 19.4. The first kappa shape index (κ1) is 19.6. The Balaban J connectivity index is 1.97. The minimum Gasteiger partial charge on any atom is -0.481 e. The summed E-state index contributed by atoms with van der Waals surface area (Å²) in [4.78, 5) is 22.4. The molecule has 1 saturated heterocycles. The SMILES string of the molecule is COc1ccc2ncc(Cl)c(C(COC(N)=O)CN3CCC(N)CC3)c2n1. The number of hydrogen-bond donors (Lipinski definition) is 2. The van der Waals surface area contributed by atoms with E-state index in [9.17, 15) is 4.79 Å². The van der Waals surface area contributed by atoms with Crippen molar-refractivity contribution in [1.29, 1.82) is 0 Å². The highest BCUT2D eigenvalue weighted by atomic mass is 35.5. The molecule has 1 aliphatic heterocycles. The summed E-state index contributed by atoms with van der Waals surface area (Å²) >= 11 is 6.50. The van der Waals surface area contributed by atoms with Crippen molar-refractivity contribution in [3.05, 3.63) is 28.9 Å². The molecule has 0 saturated carbocycles. The summed E-state index contributed by atoms with van der Waals surface area (Å²) < 4.78 is 10.4. The van der Waals surface area contributed by atoms with Crippen LogP contribution in [0, 0.1) is 0 Å². The number of nitrogens with zero attached hydrogens (tertiary/aromatic N) is 3. The molecule has 1 aliphatic rings. The predicted molar refractivity (Wildman–Crippen MR) is 103 cm³/mol. The molecule has 1 unspecified atom stereocenters. The van der Waals surface area contributed by atoms with Gasteiger partial charge in [0, 0.05) is 36.3 Å². The lowest BCUT2D eigenvalue weighted by Gasteiger charge is -2.33. The van der Waals surface area contributed by atoms with E-state index in [0.717, 1.165) is 31.5 Å². The van der Waals surface area contributed by atoms with Gasteiger partial charge in [0.15, 0.2) is 0 Å². The largest absolute Gasteiger partial charge is 0.481 e. The van der Waals surface area contributed by atoms with Crippen molar-refractivity contribution < 1.29 is 14.3 Å². The zero-order valence-corrected chi connectivity index (χ0v) is 16.0. The van der Waals surface area contributed by atoms with Crippen molar-refractivity contribution >= 4 is 28.7 Å². The first-order valence-electron chi connectivity index (χ1n) is 8.87. The van der Waals surface area contributed by atoms with Crippen LogP contribution < -0.4 is 16.2 Å². The lowest BCUT2D eigenvalue weighted by molar-refractivity contribution is 0.131. The number of rotatable bonds is 6. The molecular weight excluding hydrogens is 370 g/mol. The summed E-state index contributed by atoms with van der Waals surface area (Å²) in [5.74, 6) is 0.260. The molecule has 9 heteroatoms. The van der Waals surface area contributed by atoms with Crippen LogP contribution in [0.2, 0.25) is 5.02 Å². The Labute approximate surface area is 162 Å². The number of carbonyl (C=O) groups excluding carboxylic acids is 1. The maximum Gasteiger partial charge on any atom is 0.404 e. The number of amides is 1. The Morgan fingerprint density at radius 3 is 2.81 bits per heavy atom. The zero-order valence-electron chi connectivity index (χ0n) is 15.2. The summed E-state index contributed by atoms with van der Waals surface area (Å²) in [6.07, 6.45) is 2.64. The van der Waals surface area contributed by atoms with Crippen molar-refractivity contribution in [3.8, 4) is 5.88 Å². The van der Waals surface area contributed by atoms with Crippen LogP contribution in [0.15, 0.2) is 18.3 Å². The molecule has 27 heavy (non-hydrogen) atoms. The Hall–Kier alpha value is -2.16. The molecular formula is C18H24ClN5O3. The molecule has 146 valence electrons. The summed E-state index contributed by atoms with van der Waals surface area (Å²) in [7, 11) is 1.55. The van der Waals surface area contributed by atoms with Crippen molar-refractivity contribution in [2.45, 2.75) is 24.8 Å². The maximum absolute atomic E-state index is 11.2. The average Bonchev–Trinajstić information content (AvgIpc) is 2.66. The molecule has 0 aliphatic carbocycles. The highest BCUT2D eigenvalue weighted by Gasteiger charge is 2.26. The number of ether oxygens (including phenoxy) is 2. The average molecular weight is 394 g/mol. The van der Waals surface area contributed by atoms with Gasteiger partial charge in [-0.3, -0.25) is 4.98 Å². The lowest BCUT2D eigenvalue weighted by atomic mass is 9.96. The van der Waals surface area contributed by atoms with Crippen LogP contribution in [0.5, 0.6) is 5.88 Å². The standard InChI is InChI=1S/C18H24ClN5O3/c1-26-15-3-2-14-17(23-15)16(13(19)8-22-14)11(10-27-18(21)25)9-24-6-4-12(20)5-7-24/h2-3,8,11-12H,4-7,9-10,20H2,1H3,(H2,21,25). The van der Waals surface area contributed by atoms with Crippen molar-refractivity contribution in [3.63, 3.8) is 0 Å². The minimum absolute atomic E-state index is 0.107. The third-order valence-electron chi connectivity index (χ3n) is 4.83. The molecule has 1 atom stereocenters. The maximum atomic E-state index is 11.2. The van der Waals surface area contributed by atoms with Crippen LogP contribution in [-0.2, 0) is 4.74 Å². The van der Waals surface area contributed by atoms with Gasteiger partial charge >= 0.3 is 6.09 Å². The number of piperidine rings is 1. The number of aromatic nitrogens is 2. The van der Waals surface area contributed by atoms with Gasteiger partial charge in [0.25, 0.3) is 0 Å². The second-order valence-electron chi connectivity index (χ2n) is 6.71. The predicted octanol–water partition coefficient (Wildman–Crippen LogP) is 1.89. The topological polar surface area (TPSA) is 117 Å². The highest BCUT2D eigenvalue weighted by Crippen LogP contribution is 2.32. The van der Waals surface area contributed by atoms with Gasteiger partial charge < -0.3 is 25.8 Å². The number of hydrogen-bond acceptors (Lipinski definition) is 7. The van der Waals surface area contributed by atoms with Gasteiger partial charge in [-0.2, -0.15) is 0 Å². The quantitative estimate of drug-likeness (QED) is 0.769. The minimum atomic E-state index is -0.819. The first-order valence-corrected chi connectivity index (χ1v) is 9.25. The molecule has 3 heterocycles. The van der Waals surface area contributed by atoms with Crippen LogP contribution >= 0.6 is 11.6 Å². The van der Waals surface area contributed by atoms with E-state index < -0.39 is 6.09 Å². The molecule has 0 bridgehead atoms. The van der Waals surface area contributed by atoms with Gasteiger partial charge in [0.05, 0.1) is 23.2 Å². The normalized spacial score (nSPS) is 17.0. The lowest BCUT2D eigenvalue weighted by Crippen LogP contribution is -2.42. The van der Waals surface area contributed by atoms with Crippen molar-refractivity contribution in [2.75, 3.05) is 33.4 Å². The van der Waals surface area contributed by atoms with E-state index in [1.807, 2.05) is 6.07 Å². The number of primary amides is 1. The Morgan fingerprint density at radius 2 is 2.15 bits per heavy atom. The van der Waals surface area contributed by atoms with Crippen molar-refractivity contribution in [1.82, 2.24) is 14.9 Å². The van der Waals surface area contributed by atoms with E-state index in [1.54, 1.807) is 19.4 Å². The molecule has 0 radical (unpaired) electrons. The van der Waals surface area contributed by atoms with Gasteiger partial charge in [-0.25, -0.2) is 9.78 Å². The fourth-order valence-electron chi connectivity index (χ4n) is 3.40. The Bertz CT molecular complexity index is 811. The van der Waals surface area contributed by atoms with Gasteiger partial charge in [0.2, 0.25) is 5.88 Å². The van der Waals surface area contributed by atoms with E-state index in [2.05, 4.69) is 14.9 Å². The number of fused-ring (bicyclic) bond motifs is 1. The summed E-state index contributed by atoms with van der Waals surface area (Å²) in [6.45, 7) is 2.52. The number of likely N-dealkylation sites (tertiary alicyclic amines) is 1. The molecule has 8 nitrogen and oxygen atoms in total. The van der Waals surface area contributed by atoms with E-state index in [1.165, 1.54) is 0 Å². The second-order valence-corrected chi connectivity index (χ2v) is 7.11. The van der Waals surface area contributed by atoms with Crippen molar-refractivity contribution in [2.24, 2.45) is 11.5 Å². The number of halogens is 1. The third kappa shape index (κ3) is 4.77. The number of methoxy groups -OCH3 is 1. The van der Waals surface area contributed by atoms with Gasteiger partial charge in [-0.15, -0.1) is 0 Å². The summed E-state index contributed by atoms with van der Waals surface area (Å²) in [5.41, 5.74) is 13.3. The number of nitrogens with two attached hydrogens (primary N) is 2. The first-order chi connectivity index (χ1) is 13.0. The van der Waals surface area contributed by atoms with Gasteiger partial charge in [-0.1, -0.05) is 11.6 Å². The second kappa shape index (κ2) is 8.69. The molecule has 4 N–H and O–H groups in total. The van der Waals surface area contributed by atoms with Gasteiger partial charge in [0.1, 0.15) is 6.61 Å². The Morgan fingerprint density at radius 1 is 1.41 bits per heavy atom. The molecule has 2 aromatic heterocycles. The van der Waals surface area contributed by atoms with Crippen LogP contribution in [0.4, 0.5) is 4.79 Å². The molecule has 0 aromatic carbocycles. The molecule has 3 rings (SSSR count). The van der Waals surface area contributed by atoms with E-state index in [-0.39, 0.29) is 18.6 Å². The van der Waals surface area contributed by atoms with Crippen LogP contribution in [0.3, 0.4) is 0 Å². The number of pyridine rings is 2. The molecule has 1 fully saturated rings. The van der Waals surface area contributed by atoms with Crippen LogP contribution in [0.25, 0.3) is 11.0 Å². The van der Waals surface area contributed by atoms with E-state index in [4.69, 9.17) is 32.5 Å². The molecule has 1 amide bonds. The smallest absolute Gasteiger partial charge is 0.404 e. The Kier molecular flexibility index (Phi) is 6.30. The number of carbonyl (C=O) groups is 1. The van der Waals surface area contributed by atoms with E-state index in [0.29, 0.717) is 28.5 Å². The third-order valence-corrected chi connectivity index (χ3v) is 5.13. The van der Waals surface area contributed by atoms with Crippen LogP contribution in [0.1, 0.15) is 24.3 Å². The molecule has 2 aromatic rings. The van der Waals surface area contributed by atoms with E-state index >= 15 is 0 Å². The molecule has 0 spiro atoms. The monoisotopic (exact) mass is 393 g/mol. The van der Waals surface area contributed by atoms with Gasteiger partial charge in [-0.05, 0) is 32.0 Å². The fourth-order valence-corrected chi connectivity index (χ4v) is 3.70. The highest BCUT2D eigenvalue weighted by molar-refractivity contribution is 6.32. The summed E-state index contributed by atoms with van der Waals surface area (Å²) in [6, 6.07) is 3.80. The fraction of sp³-hybridized carbons (Fsp3) is 0.500. The summed E-state index contributed by atoms with van der Waals surface area (Å²) in [5, 5.41) is 0.468.